The maximum atomic E-state index is 12.7. The fraction of sp³-hybridized carbons (Fsp3) is 0.115. The Kier molecular flexibility index (Phi) is 8.36. The van der Waals surface area contributed by atoms with Crippen LogP contribution in [0.1, 0.15) is 28.4 Å². The lowest BCUT2D eigenvalue weighted by molar-refractivity contribution is -0.116. The fourth-order valence-electron chi connectivity index (χ4n) is 2.89. The van der Waals surface area contributed by atoms with E-state index in [0.717, 1.165) is 11.1 Å². The van der Waals surface area contributed by atoms with Crippen LogP contribution in [0, 0.1) is 0 Å². The third-order valence-corrected chi connectivity index (χ3v) is 4.53. The third kappa shape index (κ3) is 7.36. The van der Waals surface area contributed by atoms with Crippen LogP contribution in [0.2, 0.25) is 0 Å². The highest BCUT2D eigenvalue weighted by Crippen LogP contribution is 2.18. The van der Waals surface area contributed by atoms with Crippen molar-refractivity contribution < 1.29 is 23.9 Å². The summed E-state index contributed by atoms with van der Waals surface area (Å²) in [5.41, 5.74) is 2.66. The number of nitrogens with one attached hydrogen (secondary N) is 2. The van der Waals surface area contributed by atoms with Gasteiger partial charge in [0.2, 0.25) is 5.91 Å². The second kappa shape index (κ2) is 11.9. The lowest BCUT2D eigenvalue weighted by Crippen LogP contribution is -2.22. The molecule has 0 fully saturated rings. The van der Waals surface area contributed by atoms with Gasteiger partial charge in [-0.25, -0.2) is 4.79 Å². The summed E-state index contributed by atoms with van der Waals surface area (Å²) in [5, 5.41) is 5.67. The van der Waals surface area contributed by atoms with Gasteiger partial charge in [0.1, 0.15) is 5.75 Å². The van der Waals surface area contributed by atoms with Crippen LogP contribution >= 0.6 is 0 Å². The molecule has 0 aromatic heterocycles. The largest absolute Gasteiger partial charge is 0.513 e. The number of rotatable bonds is 8. The molecule has 3 aromatic carbocycles. The Labute approximate surface area is 192 Å². The van der Waals surface area contributed by atoms with Crippen molar-refractivity contribution in [3.05, 3.63) is 102 Å². The van der Waals surface area contributed by atoms with E-state index >= 15 is 0 Å². The number of carbonyl (C=O) groups is 3. The number of amides is 2. The predicted molar refractivity (Wildman–Crippen MR) is 126 cm³/mol. The lowest BCUT2D eigenvalue weighted by Gasteiger charge is -2.12. The van der Waals surface area contributed by atoms with Gasteiger partial charge >= 0.3 is 6.16 Å². The molecule has 0 unspecified atom stereocenters. The summed E-state index contributed by atoms with van der Waals surface area (Å²) in [6.07, 6.45) is 2.40. The van der Waals surface area contributed by atoms with Crippen LogP contribution in [0.25, 0.3) is 6.08 Å². The maximum Gasteiger partial charge on any atom is 0.513 e. The lowest BCUT2D eigenvalue weighted by atomic mass is 10.1. The molecule has 0 spiro atoms. The van der Waals surface area contributed by atoms with Gasteiger partial charge in [-0.1, -0.05) is 48.5 Å². The topological polar surface area (TPSA) is 93.7 Å². The van der Waals surface area contributed by atoms with E-state index in [2.05, 4.69) is 10.6 Å². The molecule has 0 bridgehead atoms. The first-order valence-corrected chi connectivity index (χ1v) is 10.4. The second-order valence-electron chi connectivity index (χ2n) is 6.88. The van der Waals surface area contributed by atoms with Gasteiger partial charge in [-0.2, -0.15) is 0 Å². The summed E-state index contributed by atoms with van der Waals surface area (Å²) in [7, 11) is 0. The standard InChI is InChI=1S/C26H24N2O5/c1-2-32-26(31)33-22-15-13-20(14-16-22)25(30)28-23-11-7-6-10-21(23)18-27-24(29)17-12-19-8-4-3-5-9-19/h3-17H,2,18H2,1H3,(H,27,29)(H,28,30)/b17-12+. The molecule has 0 radical (unpaired) electrons. The summed E-state index contributed by atoms with van der Waals surface area (Å²) in [4.78, 5) is 36.2. The van der Waals surface area contributed by atoms with Gasteiger partial charge in [-0.3, -0.25) is 9.59 Å². The zero-order chi connectivity index (χ0) is 23.5. The van der Waals surface area contributed by atoms with E-state index in [0.29, 0.717) is 11.3 Å². The average Bonchev–Trinajstić information content (AvgIpc) is 2.83. The summed E-state index contributed by atoms with van der Waals surface area (Å²) >= 11 is 0. The molecule has 0 aliphatic heterocycles. The molecule has 3 aromatic rings. The van der Waals surface area contributed by atoms with Crippen molar-refractivity contribution in [1.82, 2.24) is 5.32 Å². The van der Waals surface area contributed by atoms with E-state index in [1.807, 2.05) is 42.5 Å². The van der Waals surface area contributed by atoms with Crippen molar-refractivity contribution in [3.8, 4) is 5.75 Å². The Morgan fingerprint density at radius 3 is 2.30 bits per heavy atom. The molecule has 0 aliphatic carbocycles. The zero-order valence-corrected chi connectivity index (χ0v) is 18.1. The van der Waals surface area contributed by atoms with Crippen molar-refractivity contribution in [2.45, 2.75) is 13.5 Å². The van der Waals surface area contributed by atoms with Gasteiger partial charge in [0, 0.05) is 23.9 Å². The van der Waals surface area contributed by atoms with E-state index in [4.69, 9.17) is 9.47 Å². The van der Waals surface area contributed by atoms with Crippen molar-refractivity contribution in [2.75, 3.05) is 11.9 Å². The van der Waals surface area contributed by atoms with Crippen molar-refractivity contribution in [1.29, 1.82) is 0 Å². The molecular formula is C26H24N2O5. The van der Waals surface area contributed by atoms with Gasteiger partial charge < -0.3 is 20.1 Å². The molecule has 7 nitrogen and oxygen atoms in total. The third-order valence-electron chi connectivity index (χ3n) is 4.53. The van der Waals surface area contributed by atoms with Crippen molar-refractivity contribution in [2.24, 2.45) is 0 Å². The van der Waals surface area contributed by atoms with Crippen LogP contribution in [0.5, 0.6) is 5.75 Å². The number of hydrogen-bond donors (Lipinski definition) is 2. The molecule has 2 amide bonds. The molecule has 7 heteroatoms. The Hall–Kier alpha value is -4.39. The molecule has 0 saturated carbocycles. The highest BCUT2D eigenvalue weighted by molar-refractivity contribution is 6.04. The summed E-state index contributed by atoms with van der Waals surface area (Å²) in [6.45, 7) is 2.14. The molecule has 33 heavy (non-hydrogen) atoms. The Morgan fingerprint density at radius 1 is 0.879 bits per heavy atom. The molecule has 3 rings (SSSR count). The molecule has 0 heterocycles. The van der Waals surface area contributed by atoms with Crippen LogP contribution in [-0.2, 0) is 16.1 Å². The van der Waals surface area contributed by atoms with E-state index in [9.17, 15) is 14.4 Å². The highest BCUT2D eigenvalue weighted by Gasteiger charge is 2.11. The van der Waals surface area contributed by atoms with Gasteiger partial charge in [-0.15, -0.1) is 0 Å². The number of para-hydroxylation sites is 1. The molecule has 168 valence electrons. The molecule has 0 saturated heterocycles. The Bertz CT molecular complexity index is 1120. The summed E-state index contributed by atoms with van der Waals surface area (Å²) in [5.74, 6) is -0.297. The summed E-state index contributed by atoms with van der Waals surface area (Å²) in [6, 6.07) is 22.9. The number of carbonyl (C=O) groups excluding carboxylic acids is 3. The Morgan fingerprint density at radius 2 is 1.58 bits per heavy atom. The number of hydrogen-bond acceptors (Lipinski definition) is 5. The molecule has 0 aliphatic rings. The number of anilines is 1. The van der Waals surface area contributed by atoms with Crippen molar-refractivity contribution >= 4 is 29.7 Å². The normalized spacial score (nSPS) is 10.5. The van der Waals surface area contributed by atoms with Gasteiger partial charge in [0.05, 0.1) is 6.61 Å². The monoisotopic (exact) mass is 444 g/mol. The molecule has 2 N–H and O–H groups in total. The van der Waals surface area contributed by atoms with E-state index in [-0.39, 0.29) is 30.7 Å². The highest BCUT2D eigenvalue weighted by atomic mass is 16.7. The van der Waals surface area contributed by atoms with Crippen LogP contribution < -0.4 is 15.4 Å². The molecule has 0 atom stereocenters. The van der Waals surface area contributed by atoms with Crippen LogP contribution in [0.15, 0.2) is 84.9 Å². The predicted octanol–water partition coefficient (Wildman–Crippen LogP) is 4.80. The van der Waals surface area contributed by atoms with Crippen LogP contribution in [-0.4, -0.2) is 24.6 Å². The van der Waals surface area contributed by atoms with Gasteiger partial charge in [-0.05, 0) is 54.5 Å². The van der Waals surface area contributed by atoms with Crippen LogP contribution in [0.3, 0.4) is 0 Å². The second-order valence-corrected chi connectivity index (χ2v) is 6.88. The minimum absolute atomic E-state index is 0.211. The fourth-order valence-corrected chi connectivity index (χ4v) is 2.89. The Balaban J connectivity index is 1.58. The minimum atomic E-state index is -0.802. The minimum Gasteiger partial charge on any atom is -0.434 e. The summed E-state index contributed by atoms with van der Waals surface area (Å²) < 4.78 is 9.71. The molecular weight excluding hydrogens is 420 g/mol. The van der Waals surface area contributed by atoms with Gasteiger partial charge in [0.25, 0.3) is 5.91 Å². The first-order valence-electron chi connectivity index (χ1n) is 10.4. The smallest absolute Gasteiger partial charge is 0.434 e. The first kappa shape index (κ1) is 23.3. The van der Waals surface area contributed by atoms with E-state index in [1.54, 1.807) is 37.3 Å². The van der Waals surface area contributed by atoms with E-state index in [1.165, 1.54) is 18.2 Å². The maximum absolute atomic E-state index is 12.7. The SMILES string of the molecule is CCOC(=O)Oc1ccc(C(=O)Nc2ccccc2CNC(=O)/C=C/c2ccccc2)cc1. The quantitative estimate of drug-likeness (QED) is 0.296. The van der Waals surface area contributed by atoms with E-state index < -0.39 is 6.16 Å². The van der Waals surface area contributed by atoms with Crippen molar-refractivity contribution in [3.63, 3.8) is 0 Å². The van der Waals surface area contributed by atoms with Gasteiger partial charge in [0.15, 0.2) is 0 Å². The average molecular weight is 444 g/mol. The van der Waals surface area contributed by atoms with Crippen LogP contribution in [0.4, 0.5) is 10.5 Å². The number of benzene rings is 3. The zero-order valence-electron chi connectivity index (χ0n) is 18.1. The first-order chi connectivity index (χ1) is 16.0. The number of ether oxygens (including phenoxy) is 2.